The normalized spacial score (nSPS) is 12.3. The summed E-state index contributed by atoms with van der Waals surface area (Å²) < 4.78 is 26.5. The number of carboxylic acids is 1. The third-order valence-electron chi connectivity index (χ3n) is 3.32. The zero-order valence-corrected chi connectivity index (χ0v) is 12.5. The van der Waals surface area contributed by atoms with Crippen LogP contribution in [0, 0.1) is 17.6 Å². The Hall–Kier alpha value is -1.98. The highest BCUT2D eigenvalue weighted by molar-refractivity contribution is 6.04. The van der Waals surface area contributed by atoms with Gasteiger partial charge in [-0.05, 0) is 31.4 Å². The highest BCUT2D eigenvalue weighted by Gasteiger charge is 2.25. The first-order chi connectivity index (χ1) is 9.65. The molecule has 116 valence electrons. The summed E-state index contributed by atoms with van der Waals surface area (Å²) in [5.41, 5.74) is -0.887. The average molecular weight is 299 g/mol. The summed E-state index contributed by atoms with van der Waals surface area (Å²) in [5, 5.41) is 9.04. The van der Waals surface area contributed by atoms with Gasteiger partial charge in [-0.1, -0.05) is 13.8 Å². The van der Waals surface area contributed by atoms with Gasteiger partial charge in [0.1, 0.15) is 0 Å². The molecule has 0 saturated carbocycles. The SMILES string of the molecule is CC(C)CC(C)N(C)C(=O)c1cc(F)c(F)cc1C(=O)O. The molecule has 6 heteroatoms. The van der Waals surface area contributed by atoms with E-state index in [4.69, 9.17) is 5.11 Å². The first kappa shape index (κ1) is 17.1. The van der Waals surface area contributed by atoms with Crippen LogP contribution < -0.4 is 0 Å². The molecule has 0 heterocycles. The van der Waals surface area contributed by atoms with Crippen molar-refractivity contribution in [3.8, 4) is 0 Å². The van der Waals surface area contributed by atoms with E-state index in [0.29, 0.717) is 24.5 Å². The molecule has 1 aromatic rings. The summed E-state index contributed by atoms with van der Waals surface area (Å²) in [7, 11) is 1.52. The Morgan fingerprint density at radius 3 is 2.05 bits per heavy atom. The molecule has 1 aromatic carbocycles. The maximum absolute atomic E-state index is 13.3. The van der Waals surface area contributed by atoms with Crippen molar-refractivity contribution < 1.29 is 23.5 Å². The quantitative estimate of drug-likeness (QED) is 0.908. The Morgan fingerprint density at radius 1 is 1.14 bits per heavy atom. The molecule has 0 saturated heterocycles. The number of rotatable bonds is 5. The lowest BCUT2D eigenvalue weighted by Gasteiger charge is -2.27. The zero-order valence-electron chi connectivity index (χ0n) is 12.5. The molecular formula is C15H19F2NO3. The number of nitrogens with zero attached hydrogens (tertiary/aromatic N) is 1. The lowest BCUT2D eigenvalue weighted by molar-refractivity contribution is 0.0666. The Bertz CT molecular complexity index is 558. The number of hydrogen-bond donors (Lipinski definition) is 1. The Balaban J connectivity index is 3.17. The third kappa shape index (κ3) is 4.00. The highest BCUT2D eigenvalue weighted by atomic mass is 19.2. The molecule has 0 aromatic heterocycles. The van der Waals surface area contributed by atoms with Crippen molar-refractivity contribution in [2.24, 2.45) is 5.92 Å². The number of amides is 1. The molecule has 0 aliphatic heterocycles. The molecule has 1 rings (SSSR count). The summed E-state index contributed by atoms with van der Waals surface area (Å²) in [6.07, 6.45) is 0.717. The molecule has 0 spiro atoms. The van der Waals surface area contributed by atoms with Crippen molar-refractivity contribution in [1.29, 1.82) is 0 Å². The van der Waals surface area contributed by atoms with E-state index in [0.717, 1.165) is 0 Å². The predicted octanol–water partition coefficient (Wildman–Crippen LogP) is 3.17. The van der Waals surface area contributed by atoms with Gasteiger partial charge in [0.2, 0.25) is 0 Å². The molecule has 0 bridgehead atoms. The van der Waals surface area contributed by atoms with Crippen LogP contribution in [0.25, 0.3) is 0 Å². The van der Waals surface area contributed by atoms with Crippen molar-refractivity contribution in [2.45, 2.75) is 33.2 Å². The minimum Gasteiger partial charge on any atom is -0.478 e. The number of aromatic carboxylic acids is 1. The van der Waals surface area contributed by atoms with Crippen LogP contribution >= 0.6 is 0 Å². The van der Waals surface area contributed by atoms with Crippen LogP contribution in [-0.2, 0) is 0 Å². The zero-order chi connectivity index (χ0) is 16.3. The van der Waals surface area contributed by atoms with Gasteiger partial charge in [0, 0.05) is 13.1 Å². The van der Waals surface area contributed by atoms with Gasteiger partial charge in [-0.15, -0.1) is 0 Å². The second-order valence-electron chi connectivity index (χ2n) is 5.51. The average Bonchev–Trinajstić information content (AvgIpc) is 2.38. The summed E-state index contributed by atoms with van der Waals surface area (Å²) in [6.45, 7) is 5.81. The molecule has 0 aliphatic carbocycles. The summed E-state index contributed by atoms with van der Waals surface area (Å²) >= 11 is 0. The predicted molar refractivity (Wildman–Crippen MR) is 74.3 cm³/mol. The number of carbonyl (C=O) groups excluding carboxylic acids is 1. The maximum Gasteiger partial charge on any atom is 0.336 e. The minimum atomic E-state index is -1.47. The summed E-state index contributed by atoms with van der Waals surface area (Å²) in [5.74, 6) is -4.30. The largest absolute Gasteiger partial charge is 0.478 e. The first-order valence-corrected chi connectivity index (χ1v) is 6.64. The van der Waals surface area contributed by atoms with Gasteiger partial charge in [0.15, 0.2) is 11.6 Å². The Morgan fingerprint density at radius 2 is 1.62 bits per heavy atom. The molecule has 1 amide bonds. The van der Waals surface area contributed by atoms with Crippen molar-refractivity contribution >= 4 is 11.9 Å². The number of hydrogen-bond acceptors (Lipinski definition) is 2. The fraction of sp³-hybridized carbons (Fsp3) is 0.467. The van der Waals surface area contributed by atoms with Gasteiger partial charge in [-0.25, -0.2) is 13.6 Å². The van der Waals surface area contributed by atoms with E-state index in [9.17, 15) is 18.4 Å². The summed E-state index contributed by atoms with van der Waals surface area (Å²) in [4.78, 5) is 24.8. The van der Waals surface area contributed by atoms with Crippen LogP contribution in [0.2, 0.25) is 0 Å². The van der Waals surface area contributed by atoms with Crippen molar-refractivity contribution in [2.75, 3.05) is 7.05 Å². The molecule has 0 fully saturated rings. The van der Waals surface area contributed by atoms with E-state index in [1.54, 1.807) is 0 Å². The lowest BCUT2D eigenvalue weighted by atomic mass is 10.0. The van der Waals surface area contributed by atoms with Gasteiger partial charge in [-0.3, -0.25) is 4.79 Å². The van der Waals surface area contributed by atoms with Gasteiger partial charge in [0.05, 0.1) is 11.1 Å². The molecule has 1 N–H and O–H groups in total. The van der Waals surface area contributed by atoms with Crippen LogP contribution in [-0.4, -0.2) is 35.0 Å². The van der Waals surface area contributed by atoms with Gasteiger partial charge >= 0.3 is 5.97 Å². The van der Waals surface area contributed by atoms with Gasteiger partial charge in [-0.2, -0.15) is 0 Å². The Kier molecular flexibility index (Phi) is 5.41. The molecule has 1 atom stereocenters. The number of carboxylic acid groups (broad SMARTS) is 1. The number of carbonyl (C=O) groups is 2. The van der Waals surface area contributed by atoms with Crippen molar-refractivity contribution in [1.82, 2.24) is 4.90 Å². The van der Waals surface area contributed by atoms with E-state index >= 15 is 0 Å². The molecule has 0 radical (unpaired) electrons. The van der Waals surface area contributed by atoms with Crippen molar-refractivity contribution in [3.05, 3.63) is 34.9 Å². The topological polar surface area (TPSA) is 57.6 Å². The molecule has 21 heavy (non-hydrogen) atoms. The van der Waals surface area contributed by atoms with Crippen LogP contribution in [0.5, 0.6) is 0 Å². The van der Waals surface area contributed by atoms with E-state index in [2.05, 4.69) is 0 Å². The maximum atomic E-state index is 13.3. The highest BCUT2D eigenvalue weighted by Crippen LogP contribution is 2.19. The molecule has 4 nitrogen and oxygen atoms in total. The van der Waals surface area contributed by atoms with E-state index < -0.39 is 29.1 Å². The minimum absolute atomic E-state index is 0.146. The fourth-order valence-electron chi connectivity index (χ4n) is 2.13. The number of halogens is 2. The second kappa shape index (κ2) is 6.65. The summed E-state index contributed by atoms with van der Waals surface area (Å²) in [6, 6.07) is 1.03. The molecular weight excluding hydrogens is 280 g/mol. The first-order valence-electron chi connectivity index (χ1n) is 6.64. The monoisotopic (exact) mass is 299 g/mol. The lowest BCUT2D eigenvalue weighted by Crippen LogP contribution is -2.36. The van der Waals surface area contributed by atoms with E-state index in [1.807, 2.05) is 20.8 Å². The molecule has 1 unspecified atom stereocenters. The van der Waals surface area contributed by atoms with Gasteiger partial charge in [0.25, 0.3) is 5.91 Å². The van der Waals surface area contributed by atoms with Crippen LogP contribution in [0.1, 0.15) is 47.9 Å². The van der Waals surface area contributed by atoms with Crippen LogP contribution in [0.15, 0.2) is 12.1 Å². The van der Waals surface area contributed by atoms with E-state index in [-0.39, 0.29) is 11.6 Å². The second-order valence-corrected chi connectivity index (χ2v) is 5.51. The van der Waals surface area contributed by atoms with Gasteiger partial charge < -0.3 is 10.0 Å². The van der Waals surface area contributed by atoms with Crippen LogP contribution in [0.4, 0.5) is 8.78 Å². The Labute approximate surface area is 122 Å². The number of benzene rings is 1. The van der Waals surface area contributed by atoms with E-state index in [1.165, 1.54) is 11.9 Å². The third-order valence-corrected chi connectivity index (χ3v) is 3.32. The van der Waals surface area contributed by atoms with Crippen LogP contribution in [0.3, 0.4) is 0 Å². The smallest absolute Gasteiger partial charge is 0.336 e. The molecule has 0 aliphatic rings. The van der Waals surface area contributed by atoms with Crippen molar-refractivity contribution in [3.63, 3.8) is 0 Å². The fourth-order valence-corrected chi connectivity index (χ4v) is 2.13. The standard InChI is InChI=1S/C15H19F2NO3/c1-8(2)5-9(3)18(4)14(19)10-6-12(16)13(17)7-11(10)15(20)21/h6-9H,5H2,1-4H3,(H,20,21).